The van der Waals surface area contributed by atoms with Gasteiger partial charge in [-0.25, -0.2) is 14.1 Å². The Bertz CT molecular complexity index is 533. The Labute approximate surface area is 123 Å². The molecule has 0 unspecified atom stereocenters. The summed E-state index contributed by atoms with van der Waals surface area (Å²) in [5.74, 6) is -0.516. The topological polar surface area (TPSA) is 46.6 Å². The number of amides is 2. The lowest BCUT2D eigenvalue weighted by molar-refractivity contribution is -0.132. The van der Waals surface area contributed by atoms with Crippen molar-refractivity contribution in [1.82, 2.24) is 4.90 Å². The van der Waals surface area contributed by atoms with E-state index in [-0.39, 0.29) is 24.1 Å². The van der Waals surface area contributed by atoms with Crippen LogP contribution in [0.3, 0.4) is 0 Å². The fraction of sp³-hybridized carbons (Fsp3) is 0.500. The summed E-state index contributed by atoms with van der Waals surface area (Å²) in [6.07, 6.45) is 0.312. The van der Waals surface area contributed by atoms with Gasteiger partial charge in [-0.2, -0.15) is 0 Å². The number of piperidine rings is 1. The molecule has 1 fully saturated rings. The molecule has 0 N–H and O–H groups in total. The van der Waals surface area contributed by atoms with Crippen molar-refractivity contribution >= 4 is 12.0 Å². The molecule has 0 aliphatic carbocycles. The molecule has 0 spiro atoms. The van der Waals surface area contributed by atoms with Crippen molar-refractivity contribution in [3.8, 4) is 0 Å². The first-order valence-electron chi connectivity index (χ1n) is 7.05. The highest BCUT2D eigenvalue weighted by Gasteiger charge is 2.33. The first-order chi connectivity index (χ1) is 9.76. The lowest BCUT2D eigenvalue weighted by Gasteiger charge is -2.32. The van der Waals surface area contributed by atoms with Gasteiger partial charge in [0.15, 0.2) is 0 Å². The van der Waals surface area contributed by atoms with Crippen molar-refractivity contribution in [2.24, 2.45) is 0 Å². The van der Waals surface area contributed by atoms with Gasteiger partial charge in [0.1, 0.15) is 11.4 Å². The van der Waals surface area contributed by atoms with Gasteiger partial charge in [-0.1, -0.05) is 12.1 Å². The number of imide groups is 1. The lowest BCUT2D eigenvalue weighted by Crippen LogP contribution is -2.44. The largest absolute Gasteiger partial charge is 0.443 e. The van der Waals surface area contributed by atoms with Crippen molar-refractivity contribution in [3.63, 3.8) is 0 Å². The van der Waals surface area contributed by atoms with Crippen molar-refractivity contribution in [2.75, 3.05) is 6.54 Å². The average molecular weight is 293 g/mol. The Morgan fingerprint density at radius 3 is 2.43 bits per heavy atom. The molecule has 0 radical (unpaired) electrons. The van der Waals surface area contributed by atoms with Crippen LogP contribution in [0.4, 0.5) is 9.18 Å². The van der Waals surface area contributed by atoms with Gasteiger partial charge in [-0.3, -0.25) is 4.79 Å². The van der Waals surface area contributed by atoms with E-state index in [1.54, 1.807) is 32.9 Å². The third kappa shape index (κ3) is 4.03. The van der Waals surface area contributed by atoms with E-state index in [1.807, 2.05) is 0 Å². The molecule has 114 valence electrons. The van der Waals surface area contributed by atoms with Gasteiger partial charge in [0.25, 0.3) is 0 Å². The zero-order valence-electron chi connectivity index (χ0n) is 12.6. The molecule has 4 nitrogen and oxygen atoms in total. The van der Waals surface area contributed by atoms with E-state index in [0.29, 0.717) is 13.0 Å². The molecule has 1 heterocycles. The van der Waals surface area contributed by atoms with E-state index >= 15 is 0 Å². The summed E-state index contributed by atoms with van der Waals surface area (Å²) in [6, 6.07) is 6.16. The van der Waals surface area contributed by atoms with Gasteiger partial charge < -0.3 is 4.74 Å². The Hall–Kier alpha value is -1.91. The monoisotopic (exact) mass is 293 g/mol. The number of carbonyl (C=O) groups is 2. The maximum absolute atomic E-state index is 12.9. The second-order valence-corrected chi connectivity index (χ2v) is 6.27. The standard InChI is InChI=1S/C16H20FNO3/c1-16(2,3)21-15(20)18-9-8-12(10-14(18)19)11-4-6-13(17)7-5-11/h4-7,12H,8-10H2,1-3H3/t12-/m1/s1. The van der Waals surface area contributed by atoms with Crippen LogP contribution in [0, 0.1) is 5.82 Å². The Morgan fingerprint density at radius 1 is 1.29 bits per heavy atom. The minimum absolute atomic E-state index is 0.0248. The molecule has 1 atom stereocenters. The first kappa shape index (κ1) is 15.5. The number of rotatable bonds is 1. The molecule has 1 saturated heterocycles. The molecular formula is C16H20FNO3. The van der Waals surface area contributed by atoms with Crippen LogP contribution in [-0.4, -0.2) is 29.0 Å². The molecule has 21 heavy (non-hydrogen) atoms. The van der Waals surface area contributed by atoms with Crippen LogP contribution in [0.5, 0.6) is 0 Å². The van der Waals surface area contributed by atoms with Crippen LogP contribution in [0.2, 0.25) is 0 Å². The Kier molecular flexibility index (Phi) is 4.30. The number of likely N-dealkylation sites (tertiary alicyclic amines) is 1. The molecular weight excluding hydrogens is 273 g/mol. The minimum atomic E-state index is -0.620. The molecule has 1 aliphatic heterocycles. The molecule has 0 saturated carbocycles. The normalized spacial score (nSPS) is 19.5. The van der Waals surface area contributed by atoms with Crippen LogP contribution >= 0.6 is 0 Å². The molecule has 5 heteroatoms. The summed E-state index contributed by atoms with van der Waals surface area (Å²) >= 11 is 0. The first-order valence-corrected chi connectivity index (χ1v) is 7.05. The van der Waals surface area contributed by atoms with Crippen LogP contribution < -0.4 is 0 Å². The molecule has 0 aromatic heterocycles. The highest BCUT2D eigenvalue weighted by molar-refractivity contribution is 5.93. The minimum Gasteiger partial charge on any atom is -0.443 e. The van der Waals surface area contributed by atoms with E-state index in [2.05, 4.69) is 0 Å². The summed E-state index contributed by atoms with van der Waals surface area (Å²) in [4.78, 5) is 25.2. The smallest absolute Gasteiger partial charge is 0.417 e. The number of benzene rings is 1. The Balaban J connectivity index is 2.00. The summed E-state index contributed by atoms with van der Waals surface area (Å²) in [5.41, 5.74) is 0.305. The van der Waals surface area contributed by atoms with Crippen LogP contribution in [-0.2, 0) is 9.53 Å². The number of nitrogens with zero attached hydrogens (tertiary/aromatic N) is 1. The van der Waals surface area contributed by atoms with Crippen molar-refractivity contribution in [2.45, 2.75) is 45.1 Å². The van der Waals surface area contributed by atoms with Crippen molar-refractivity contribution < 1.29 is 18.7 Å². The van der Waals surface area contributed by atoms with Crippen LogP contribution in [0.15, 0.2) is 24.3 Å². The number of hydrogen-bond acceptors (Lipinski definition) is 3. The number of halogens is 1. The van der Waals surface area contributed by atoms with E-state index in [1.165, 1.54) is 12.1 Å². The van der Waals surface area contributed by atoms with Crippen molar-refractivity contribution in [3.05, 3.63) is 35.6 Å². The maximum atomic E-state index is 12.9. The predicted octanol–water partition coefficient (Wildman–Crippen LogP) is 3.47. The van der Waals surface area contributed by atoms with Crippen molar-refractivity contribution in [1.29, 1.82) is 0 Å². The molecule has 1 aliphatic rings. The van der Waals surface area contributed by atoms with Gasteiger partial charge >= 0.3 is 6.09 Å². The predicted molar refractivity (Wildman–Crippen MR) is 76.3 cm³/mol. The van der Waals surface area contributed by atoms with E-state index < -0.39 is 11.7 Å². The number of hydrogen-bond donors (Lipinski definition) is 0. The Morgan fingerprint density at radius 2 is 1.90 bits per heavy atom. The summed E-state index contributed by atoms with van der Waals surface area (Å²) < 4.78 is 18.1. The number of carbonyl (C=O) groups excluding carboxylic acids is 2. The van der Waals surface area contributed by atoms with Gasteiger partial charge in [0, 0.05) is 13.0 Å². The molecule has 0 bridgehead atoms. The fourth-order valence-corrected chi connectivity index (χ4v) is 2.36. The maximum Gasteiger partial charge on any atom is 0.417 e. The van der Waals surface area contributed by atoms with Gasteiger partial charge in [0.2, 0.25) is 5.91 Å². The van der Waals surface area contributed by atoms with Gasteiger partial charge in [-0.15, -0.1) is 0 Å². The lowest BCUT2D eigenvalue weighted by atomic mass is 9.89. The third-order valence-electron chi connectivity index (χ3n) is 3.38. The van der Waals surface area contributed by atoms with E-state index in [9.17, 15) is 14.0 Å². The highest BCUT2D eigenvalue weighted by Crippen LogP contribution is 2.29. The van der Waals surface area contributed by atoms with Crippen LogP contribution in [0.25, 0.3) is 0 Å². The summed E-state index contributed by atoms with van der Waals surface area (Å²) in [5, 5.41) is 0. The summed E-state index contributed by atoms with van der Waals surface area (Å²) in [7, 11) is 0. The second-order valence-electron chi connectivity index (χ2n) is 6.27. The fourth-order valence-electron chi connectivity index (χ4n) is 2.36. The third-order valence-corrected chi connectivity index (χ3v) is 3.38. The molecule has 2 amide bonds. The number of ether oxygens (including phenoxy) is 1. The second kappa shape index (κ2) is 5.84. The quantitative estimate of drug-likeness (QED) is 0.796. The average Bonchev–Trinajstić information content (AvgIpc) is 2.37. The van der Waals surface area contributed by atoms with Crippen LogP contribution in [0.1, 0.15) is 45.1 Å². The molecule has 2 rings (SSSR count). The molecule has 1 aromatic rings. The zero-order chi connectivity index (χ0) is 15.6. The van der Waals surface area contributed by atoms with Gasteiger partial charge in [-0.05, 0) is 50.8 Å². The van der Waals surface area contributed by atoms with Gasteiger partial charge in [0.05, 0.1) is 0 Å². The van der Waals surface area contributed by atoms with E-state index in [0.717, 1.165) is 10.5 Å². The SMILES string of the molecule is CC(C)(C)OC(=O)N1CC[C@@H](c2ccc(F)cc2)CC1=O. The molecule has 1 aromatic carbocycles. The zero-order valence-corrected chi connectivity index (χ0v) is 12.6. The van der Waals surface area contributed by atoms with E-state index in [4.69, 9.17) is 4.74 Å². The summed E-state index contributed by atoms with van der Waals surface area (Å²) in [6.45, 7) is 5.62. The highest BCUT2D eigenvalue weighted by atomic mass is 19.1.